The molecule has 4 aliphatic carbocycles. The van der Waals surface area contributed by atoms with Gasteiger partial charge in [0.2, 0.25) is 0 Å². The number of hydrogen-bond donors (Lipinski definition) is 1. The summed E-state index contributed by atoms with van der Waals surface area (Å²) in [4.78, 5) is 0. The van der Waals surface area contributed by atoms with E-state index in [1.165, 1.54) is 6.42 Å². The lowest BCUT2D eigenvalue weighted by atomic mass is 9.10. The Labute approximate surface area is 67.3 Å². The van der Waals surface area contributed by atoms with Gasteiger partial charge in [-0.05, 0) is 41.4 Å². The lowest BCUT2D eigenvalue weighted by Gasteiger charge is -2.96. The van der Waals surface area contributed by atoms with Gasteiger partial charge in [0, 0.05) is 5.54 Å². The van der Waals surface area contributed by atoms with Crippen molar-refractivity contribution >= 4 is 0 Å². The largest absolute Gasteiger partial charge is 0.324 e. The van der Waals surface area contributed by atoms with Crippen LogP contribution in [0.25, 0.3) is 0 Å². The molecule has 0 saturated heterocycles. The van der Waals surface area contributed by atoms with E-state index in [0.29, 0.717) is 5.54 Å². The zero-order valence-electron chi connectivity index (χ0n) is 7.17. The van der Waals surface area contributed by atoms with Crippen molar-refractivity contribution in [2.45, 2.75) is 25.8 Å². The summed E-state index contributed by atoms with van der Waals surface area (Å²) >= 11 is 0. The van der Waals surface area contributed by atoms with Gasteiger partial charge in [-0.1, -0.05) is 13.8 Å². The summed E-state index contributed by atoms with van der Waals surface area (Å²) in [6.07, 6.45) is 1.46. The fourth-order valence-electron chi connectivity index (χ4n) is 5.52. The van der Waals surface area contributed by atoms with Gasteiger partial charge in [0.05, 0.1) is 0 Å². The monoisotopic (exact) mass is 149 g/mol. The highest BCUT2D eigenvalue weighted by Gasteiger charge is 2.92. The quantitative estimate of drug-likeness (QED) is 0.551. The zero-order valence-corrected chi connectivity index (χ0v) is 7.17. The molecule has 2 N–H and O–H groups in total. The van der Waals surface area contributed by atoms with Crippen LogP contribution in [0.1, 0.15) is 20.3 Å². The summed E-state index contributed by atoms with van der Waals surface area (Å²) in [5, 5.41) is 0. The van der Waals surface area contributed by atoms with Crippen LogP contribution < -0.4 is 5.73 Å². The lowest BCUT2D eigenvalue weighted by molar-refractivity contribution is -0.458. The van der Waals surface area contributed by atoms with E-state index in [1.54, 1.807) is 0 Å². The molecule has 0 spiro atoms. The molecule has 0 aromatic heterocycles. The second-order valence-corrected chi connectivity index (χ2v) is 5.68. The number of nitrogens with two attached hydrogens (primary N) is 1. The minimum Gasteiger partial charge on any atom is -0.324 e. The molecule has 0 aromatic rings. The van der Waals surface area contributed by atoms with Crippen LogP contribution in [0.2, 0.25) is 0 Å². The highest BCUT2D eigenvalue weighted by molar-refractivity contribution is 5.43. The highest BCUT2D eigenvalue weighted by atomic mass is 15.1. The summed E-state index contributed by atoms with van der Waals surface area (Å²) < 4.78 is 0. The lowest BCUT2D eigenvalue weighted by Crippen LogP contribution is -2.99. The Morgan fingerprint density at radius 2 is 2.00 bits per heavy atom. The van der Waals surface area contributed by atoms with Crippen LogP contribution in [-0.2, 0) is 0 Å². The number of fused-ring (bicyclic) bond motifs is 2. The molecule has 11 heavy (non-hydrogen) atoms. The van der Waals surface area contributed by atoms with Crippen LogP contribution in [-0.4, -0.2) is 5.54 Å². The van der Waals surface area contributed by atoms with E-state index in [-0.39, 0.29) is 0 Å². The Hall–Kier alpha value is -0.0400. The maximum atomic E-state index is 6.36. The minimum atomic E-state index is 0.340. The SMILES string of the molecule is CC1C2C3C4C(CC24C)C13N. The van der Waals surface area contributed by atoms with Crippen molar-refractivity contribution in [3.05, 3.63) is 0 Å². The number of rotatable bonds is 0. The molecule has 0 aliphatic heterocycles. The maximum Gasteiger partial charge on any atom is 0.0249 e. The van der Waals surface area contributed by atoms with Crippen LogP contribution in [0.15, 0.2) is 0 Å². The van der Waals surface area contributed by atoms with Crippen molar-refractivity contribution < 1.29 is 0 Å². The van der Waals surface area contributed by atoms with E-state index in [2.05, 4.69) is 13.8 Å². The van der Waals surface area contributed by atoms with Gasteiger partial charge in [-0.2, -0.15) is 0 Å². The second kappa shape index (κ2) is 1.02. The first-order valence-corrected chi connectivity index (χ1v) is 4.90. The molecule has 0 bridgehead atoms. The van der Waals surface area contributed by atoms with Gasteiger partial charge < -0.3 is 5.73 Å². The van der Waals surface area contributed by atoms with Crippen LogP contribution in [0, 0.1) is 35.0 Å². The Morgan fingerprint density at radius 3 is 2.36 bits per heavy atom. The summed E-state index contributed by atoms with van der Waals surface area (Å²) in [5.74, 6) is 4.87. The standard InChI is InChI=1S/C10H15N/c1-4-6-8-7-5(10(4,8)11)3-9(6,7)2/h4-8H,3,11H2,1-2H3. The van der Waals surface area contributed by atoms with Crippen LogP contribution in [0.3, 0.4) is 0 Å². The first-order valence-electron chi connectivity index (χ1n) is 4.90. The summed E-state index contributed by atoms with van der Waals surface area (Å²) in [6.45, 7) is 4.87. The van der Waals surface area contributed by atoms with Crippen molar-refractivity contribution in [1.29, 1.82) is 0 Å². The van der Waals surface area contributed by atoms with Gasteiger partial charge in [-0.25, -0.2) is 0 Å². The van der Waals surface area contributed by atoms with Gasteiger partial charge in [-0.3, -0.25) is 0 Å². The first kappa shape index (κ1) is 5.58. The molecule has 7 unspecified atom stereocenters. The Balaban J connectivity index is 1.89. The highest BCUT2D eigenvalue weighted by Crippen LogP contribution is 2.92. The van der Waals surface area contributed by atoms with E-state index in [0.717, 1.165) is 35.0 Å². The molecule has 0 aromatic carbocycles. The van der Waals surface area contributed by atoms with Crippen molar-refractivity contribution in [2.24, 2.45) is 40.7 Å². The van der Waals surface area contributed by atoms with Crippen molar-refractivity contribution in [3.63, 3.8) is 0 Å². The van der Waals surface area contributed by atoms with E-state index < -0.39 is 0 Å². The maximum absolute atomic E-state index is 6.36. The predicted octanol–water partition coefficient (Wildman–Crippen LogP) is 1.24. The summed E-state index contributed by atoms with van der Waals surface area (Å²) in [7, 11) is 0. The molecule has 4 saturated carbocycles. The third kappa shape index (κ3) is 0.243. The van der Waals surface area contributed by atoms with E-state index in [4.69, 9.17) is 5.73 Å². The van der Waals surface area contributed by atoms with Gasteiger partial charge in [0.1, 0.15) is 0 Å². The van der Waals surface area contributed by atoms with Gasteiger partial charge in [0.15, 0.2) is 0 Å². The molecule has 1 nitrogen and oxygen atoms in total. The third-order valence-electron chi connectivity index (χ3n) is 5.94. The topological polar surface area (TPSA) is 26.0 Å². The minimum absolute atomic E-state index is 0.340. The normalized spacial score (nSPS) is 87.0. The Bertz CT molecular complexity index is 257. The molecule has 4 rings (SSSR count). The molecule has 0 heterocycles. The summed E-state index contributed by atoms with van der Waals surface area (Å²) in [6, 6.07) is 0. The summed E-state index contributed by atoms with van der Waals surface area (Å²) in [5.41, 5.74) is 7.47. The first-order chi connectivity index (χ1) is 5.12. The van der Waals surface area contributed by atoms with Crippen LogP contribution in [0.5, 0.6) is 0 Å². The molecule has 1 heteroatoms. The Kier molecular flexibility index (Phi) is 0.519. The van der Waals surface area contributed by atoms with E-state index >= 15 is 0 Å². The smallest absolute Gasteiger partial charge is 0.0249 e. The molecular formula is C10H15N. The predicted molar refractivity (Wildman–Crippen MR) is 42.8 cm³/mol. The molecule has 4 fully saturated rings. The fourth-order valence-corrected chi connectivity index (χ4v) is 5.52. The molecule has 7 atom stereocenters. The van der Waals surface area contributed by atoms with Crippen LogP contribution in [0.4, 0.5) is 0 Å². The van der Waals surface area contributed by atoms with Gasteiger partial charge in [0.25, 0.3) is 0 Å². The average molecular weight is 149 g/mol. The third-order valence-corrected chi connectivity index (χ3v) is 5.94. The average Bonchev–Trinajstić information content (AvgIpc) is 1.96. The number of hydrogen-bond acceptors (Lipinski definition) is 1. The molecule has 0 radical (unpaired) electrons. The van der Waals surface area contributed by atoms with Gasteiger partial charge >= 0.3 is 0 Å². The van der Waals surface area contributed by atoms with E-state index in [1.807, 2.05) is 0 Å². The van der Waals surface area contributed by atoms with Gasteiger partial charge in [-0.15, -0.1) is 0 Å². The molecule has 0 amide bonds. The zero-order chi connectivity index (χ0) is 7.59. The van der Waals surface area contributed by atoms with Crippen molar-refractivity contribution in [1.82, 2.24) is 0 Å². The molecular weight excluding hydrogens is 134 g/mol. The molecule has 60 valence electrons. The fraction of sp³-hybridized carbons (Fsp3) is 1.00. The molecule has 4 aliphatic rings. The Morgan fingerprint density at radius 1 is 1.27 bits per heavy atom. The van der Waals surface area contributed by atoms with E-state index in [9.17, 15) is 0 Å². The van der Waals surface area contributed by atoms with Crippen LogP contribution >= 0.6 is 0 Å². The second-order valence-electron chi connectivity index (χ2n) is 5.68. The van der Waals surface area contributed by atoms with Crippen molar-refractivity contribution in [3.8, 4) is 0 Å². The van der Waals surface area contributed by atoms with Crippen molar-refractivity contribution in [2.75, 3.05) is 0 Å².